The van der Waals surface area contributed by atoms with E-state index in [0.717, 1.165) is 5.69 Å². The molecule has 140 valence electrons. The molecule has 2 atom stereocenters. The Bertz CT molecular complexity index is 844. The van der Waals surface area contributed by atoms with Crippen molar-refractivity contribution in [3.63, 3.8) is 0 Å². The van der Waals surface area contributed by atoms with Gasteiger partial charge in [0.2, 0.25) is 0 Å². The summed E-state index contributed by atoms with van der Waals surface area (Å²) in [7, 11) is 0. The first kappa shape index (κ1) is 18.7. The van der Waals surface area contributed by atoms with Gasteiger partial charge in [-0.2, -0.15) is 5.10 Å². The normalized spacial score (nSPS) is 20.0. The fourth-order valence-electron chi connectivity index (χ4n) is 3.26. The van der Waals surface area contributed by atoms with Crippen molar-refractivity contribution in [1.29, 1.82) is 0 Å². The number of ether oxygens (including phenoxy) is 1. The maximum atomic E-state index is 14.2. The highest BCUT2D eigenvalue weighted by Crippen LogP contribution is 2.34. The molecule has 2 heterocycles. The highest BCUT2D eigenvalue weighted by molar-refractivity contribution is 6.30. The lowest BCUT2D eigenvalue weighted by Gasteiger charge is -2.39. The minimum Gasteiger partial charge on any atom is -0.444 e. The Labute approximate surface area is 157 Å². The number of amides is 1. The molecule has 1 unspecified atom stereocenters. The maximum absolute atomic E-state index is 14.2. The predicted molar refractivity (Wildman–Crippen MR) is 98.6 cm³/mol. The Morgan fingerprint density at radius 1 is 1.31 bits per heavy atom. The van der Waals surface area contributed by atoms with Crippen LogP contribution in [-0.2, 0) is 11.3 Å². The van der Waals surface area contributed by atoms with Crippen molar-refractivity contribution in [3.8, 4) is 11.3 Å². The van der Waals surface area contributed by atoms with E-state index in [0.29, 0.717) is 22.8 Å². The lowest BCUT2D eigenvalue weighted by Crippen LogP contribution is -2.48. The molecule has 0 saturated heterocycles. The van der Waals surface area contributed by atoms with Gasteiger partial charge in [-0.15, -0.1) is 0 Å². The van der Waals surface area contributed by atoms with Gasteiger partial charge in [0.15, 0.2) is 0 Å². The summed E-state index contributed by atoms with van der Waals surface area (Å²) in [6, 6.07) is 6.03. The molecule has 1 aliphatic heterocycles. The molecule has 3 rings (SSSR count). The van der Waals surface area contributed by atoms with Crippen molar-refractivity contribution in [2.24, 2.45) is 0 Å². The van der Waals surface area contributed by atoms with E-state index in [1.54, 1.807) is 17.0 Å². The Balaban J connectivity index is 1.94. The topological polar surface area (TPSA) is 47.4 Å². The fraction of sp³-hybridized carbons (Fsp3) is 0.474. The van der Waals surface area contributed by atoms with Crippen LogP contribution < -0.4 is 0 Å². The van der Waals surface area contributed by atoms with Crippen molar-refractivity contribution in [3.05, 3.63) is 40.8 Å². The van der Waals surface area contributed by atoms with E-state index in [1.807, 2.05) is 45.4 Å². The molecule has 1 aliphatic rings. The number of carbonyl (C=O) groups excluding carboxylic acids is 1. The second-order valence-electron chi connectivity index (χ2n) is 7.67. The van der Waals surface area contributed by atoms with Crippen LogP contribution in [0, 0.1) is 5.82 Å². The van der Waals surface area contributed by atoms with Crippen LogP contribution in [0.15, 0.2) is 24.3 Å². The summed E-state index contributed by atoms with van der Waals surface area (Å²) in [6.07, 6.45) is -0.357. The van der Waals surface area contributed by atoms with Crippen LogP contribution in [-0.4, -0.2) is 32.4 Å². The SMILES string of the molecule is CC1c2cc(-c3ccc(Cl)cc3F)nn2C[C@H](C)N1C(=O)OC(C)(C)C. The van der Waals surface area contributed by atoms with Crippen LogP contribution in [0.4, 0.5) is 9.18 Å². The molecule has 5 nitrogen and oxygen atoms in total. The van der Waals surface area contributed by atoms with Crippen LogP contribution in [0.25, 0.3) is 11.3 Å². The molecule has 1 aromatic carbocycles. The molecule has 0 spiro atoms. The molecule has 26 heavy (non-hydrogen) atoms. The van der Waals surface area contributed by atoms with Crippen LogP contribution >= 0.6 is 11.6 Å². The van der Waals surface area contributed by atoms with Gasteiger partial charge < -0.3 is 4.74 Å². The second kappa shape index (κ2) is 6.58. The smallest absolute Gasteiger partial charge is 0.411 e. The molecular weight excluding hydrogens is 357 g/mol. The van der Waals surface area contributed by atoms with Gasteiger partial charge in [-0.05, 0) is 58.9 Å². The quantitative estimate of drug-likeness (QED) is 0.697. The van der Waals surface area contributed by atoms with E-state index in [1.165, 1.54) is 6.07 Å². The minimum absolute atomic E-state index is 0.0878. The average Bonchev–Trinajstić information content (AvgIpc) is 2.89. The summed E-state index contributed by atoms with van der Waals surface area (Å²) in [5, 5.41) is 4.88. The Kier molecular flexibility index (Phi) is 4.73. The maximum Gasteiger partial charge on any atom is 0.411 e. The van der Waals surface area contributed by atoms with Crippen LogP contribution in [0.1, 0.15) is 46.4 Å². The first-order chi connectivity index (χ1) is 12.1. The fourth-order valence-corrected chi connectivity index (χ4v) is 3.42. The lowest BCUT2D eigenvalue weighted by molar-refractivity contribution is -0.000298. The van der Waals surface area contributed by atoms with Gasteiger partial charge in [0, 0.05) is 10.6 Å². The van der Waals surface area contributed by atoms with Gasteiger partial charge >= 0.3 is 6.09 Å². The van der Waals surface area contributed by atoms with Crippen molar-refractivity contribution in [2.45, 2.75) is 58.8 Å². The number of fused-ring (bicyclic) bond motifs is 1. The number of halogens is 2. The number of hydrogen-bond acceptors (Lipinski definition) is 3. The van der Waals surface area contributed by atoms with Crippen molar-refractivity contribution in [2.75, 3.05) is 0 Å². The molecule has 0 saturated carbocycles. The molecule has 0 radical (unpaired) electrons. The van der Waals surface area contributed by atoms with Crippen LogP contribution in [0.2, 0.25) is 5.02 Å². The standard InChI is InChI=1S/C19H23ClFN3O2/c1-11-10-23-17(12(2)24(11)18(25)26-19(3,4)5)9-16(22-23)14-7-6-13(20)8-15(14)21/h6-9,11-12H,10H2,1-5H3/t11-,12?/m0/s1. The van der Waals surface area contributed by atoms with Crippen LogP contribution in [0.3, 0.4) is 0 Å². The van der Waals surface area contributed by atoms with Gasteiger partial charge in [0.1, 0.15) is 11.4 Å². The Morgan fingerprint density at radius 2 is 2.00 bits per heavy atom. The van der Waals surface area contributed by atoms with Gasteiger partial charge in [-0.3, -0.25) is 9.58 Å². The third kappa shape index (κ3) is 3.56. The molecule has 2 aromatic rings. The molecule has 7 heteroatoms. The van der Waals surface area contributed by atoms with Crippen molar-refractivity contribution < 1.29 is 13.9 Å². The summed E-state index contributed by atoms with van der Waals surface area (Å²) in [5.74, 6) is -0.419. The minimum atomic E-state index is -0.564. The first-order valence-electron chi connectivity index (χ1n) is 8.61. The summed E-state index contributed by atoms with van der Waals surface area (Å²) >= 11 is 5.83. The van der Waals surface area contributed by atoms with Gasteiger partial charge in [0.05, 0.1) is 30.0 Å². The number of hydrogen-bond donors (Lipinski definition) is 0. The molecule has 1 aromatic heterocycles. The van der Waals surface area contributed by atoms with Gasteiger partial charge in [-0.1, -0.05) is 11.6 Å². The first-order valence-corrected chi connectivity index (χ1v) is 8.99. The van der Waals surface area contributed by atoms with E-state index in [2.05, 4.69) is 5.10 Å². The molecule has 1 amide bonds. The molecule has 0 aliphatic carbocycles. The molecule has 0 N–H and O–H groups in total. The predicted octanol–water partition coefficient (Wildman–Crippen LogP) is 5.04. The van der Waals surface area contributed by atoms with E-state index in [-0.39, 0.29) is 18.2 Å². The number of nitrogens with zero attached hydrogens (tertiary/aromatic N) is 3. The second-order valence-corrected chi connectivity index (χ2v) is 8.11. The zero-order valence-corrected chi connectivity index (χ0v) is 16.3. The summed E-state index contributed by atoms with van der Waals surface area (Å²) in [4.78, 5) is 14.3. The van der Waals surface area contributed by atoms with E-state index >= 15 is 0 Å². The monoisotopic (exact) mass is 379 g/mol. The molecule has 0 bridgehead atoms. The van der Waals surface area contributed by atoms with Gasteiger partial charge in [0.25, 0.3) is 0 Å². The average molecular weight is 380 g/mol. The van der Waals surface area contributed by atoms with E-state index in [4.69, 9.17) is 16.3 Å². The number of aromatic nitrogens is 2. The third-order valence-electron chi connectivity index (χ3n) is 4.38. The highest BCUT2D eigenvalue weighted by Gasteiger charge is 2.36. The van der Waals surface area contributed by atoms with E-state index < -0.39 is 11.4 Å². The molecule has 0 fully saturated rings. The van der Waals surface area contributed by atoms with E-state index in [9.17, 15) is 9.18 Å². The number of carbonyl (C=O) groups is 1. The lowest BCUT2D eigenvalue weighted by atomic mass is 10.1. The largest absolute Gasteiger partial charge is 0.444 e. The third-order valence-corrected chi connectivity index (χ3v) is 4.61. The molecular formula is C19H23ClFN3O2. The summed E-state index contributed by atoms with van der Waals surface area (Å²) in [5.41, 5.74) is 1.20. The van der Waals surface area contributed by atoms with Crippen LogP contribution in [0.5, 0.6) is 0 Å². The van der Waals surface area contributed by atoms with Gasteiger partial charge in [-0.25, -0.2) is 9.18 Å². The summed E-state index contributed by atoms with van der Waals surface area (Å²) in [6.45, 7) is 9.93. The van der Waals surface area contributed by atoms with Crippen molar-refractivity contribution in [1.82, 2.24) is 14.7 Å². The zero-order valence-electron chi connectivity index (χ0n) is 15.6. The number of benzene rings is 1. The summed E-state index contributed by atoms with van der Waals surface area (Å²) < 4.78 is 21.6. The van der Waals surface area contributed by atoms with Crippen molar-refractivity contribution >= 4 is 17.7 Å². The highest BCUT2D eigenvalue weighted by atomic mass is 35.5. The Morgan fingerprint density at radius 3 is 2.62 bits per heavy atom. The zero-order chi connectivity index (χ0) is 19.2. The number of rotatable bonds is 1. The Hall–Kier alpha value is -2.08.